The molecule has 0 unspecified atom stereocenters. The fraction of sp³-hybridized carbons (Fsp3) is 0.846. The first-order chi connectivity index (χ1) is 7.84. The van der Waals surface area contributed by atoms with Gasteiger partial charge in [-0.1, -0.05) is 13.0 Å². The average Bonchev–Trinajstić information content (AvgIpc) is 2.31. The van der Waals surface area contributed by atoms with Crippen LogP contribution in [0.2, 0.25) is 0 Å². The van der Waals surface area contributed by atoms with E-state index in [9.17, 15) is 0 Å². The highest BCUT2D eigenvalue weighted by molar-refractivity contribution is 5.01. The molecule has 2 rings (SSSR count). The summed E-state index contributed by atoms with van der Waals surface area (Å²) in [5.41, 5.74) is 1.36. The van der Waals surface area contributed by atoms with E-state index in [2.05, 4.69) is 16.4 Å². The van der Waals surface area contributed by atoms with Gasteiger partial charge in [0, 0.05) is 26.2 Å². The minimum atomic E-state index is 0.886. The van der Waals surface area contributed by atoms with Crippen molar-refractivity contribution < 1.29 is 4.74 Å². The zero-order chi connectivity index (χ0) is 11.2. The van der Waals surface area contributed by atoms with Crippen molar-refractivity contribution in [2.45, 2.75) is 19.3 Å². The lowest BCUT2D eigenvalue weighted by atomic mass is 10.1. The fourth-order valence-corrected chi connectivity index (χ4v) is 2.56. The number of hydrogen-bond acceptors (Lipinski definition) is 3. The zero-order valence-corrected chi connectivity index (χ0v) is 10.3. The van der Waals surface area contributed by atoms with E-state index in [4.69, 9.17) is 4.74 Å². The van der Waals surface area contributed by atoms with Crippen LogP contribution in [0.25, 0.3) is 0 Å². The molecular weight excluding hydrogens is 200 g/mol. The first-order valence-electron chi connectivity index (χ1n) is 6.54. The maximum atomic E-state index is 5.35. The summed E-state index contributed by atoms with van der Waals surface area (Å²) in [6.45, 7) is 12.8. The van der Waals surface area contributed by atoms with E-state index in [0.29, 0.717) is 0 Å². The molecule has 3 heteroatoms. The van der Waals surface area contributed by atoms with Crippen LogP contribution in [-0.4, -0.2) is 62.3 Å². The van der Waals surface area contributed by atoms with Crippen molar-refractivity contribution in [1.29, 1.82) is 0 Å². The van der Waals surface area contributed by atoms with Gasteiger partial charge < -0.3 is 4.74 Å². The van der Waals surface area contributed by atoms with E-state index in [1.54, 1.807) is 0 Å². The van der Waals surface area contributed by atoms with Gasteiger partial charge in [-0.25, -0.2) is 0 Å². The lowest BCUT2D eigenvalue weighted by Gasteiger charge is -2.31. The van der Waals surface area contributed by atoms with Crippen LogP contribution in [0.1, 0.15) is 19.3 Å². The Hall–Kier alpha value is -0.380. The molecule has 0 bridgehead atoms. The van der Waals surface area contributed by atoms with Crippen LogP contribution < -0.4 is 0 Å². The fourth-order valence-electron chi connectivity index (χ4n) is 2.56. The molecule has 2 aliphatic heterocycles. The minimum Gasteiger partial charge on any atom is -0.379 e. The molecule has 0 spiro atoms. The summed E-state index contributed by atoms with van der Waals surface area (Å²) >= 11 is 0. The SMILES string of the molecule is C=C(CN1CCCCC1)CN1CCOCC1. The van der Waals surface area contributed by atoms with Crippen LogP contribution in [0.3, 0.4) is 0 Å². The van der Waals surface area contributed by atoms with Gasteiger partial charge in [0.05, 0.1) is 13.2 Å². The maximum absolute atomic E-state index is 5.35. The smallest absolute Gasteiger partial charge is 0.0594 e. The van der Waals surface area contributed by atoms with Gasteiger partial charge in [-0.05, 0) is 31.5 Å². The van der Waals surface area contributed by atoms with Crippen molar-refractivity contribution in [2.75, 3.05) is 52.5 Å². The lowest BCUT2D eigenvalue weighted by molar-refractivity contribution is 0.0414. The van der Waals surface area contributed by atoms with Gasteiger partial charge in [0.1, 0.15) is 0 Å². The summed E-state index contributed by atoms with van der Waals surface area (Å²) < 4.78 is 5.35. The quantitative estimate of drug-likeness (QED) is 0.671. The number of ether oxygens (including phenoxy) is 1. The van der Waals surface area contributed by atoms with Gasteiger partial charge >= 0.3 is 0 Å². The Morgan fingerprint density at radius 1 is 0.875 bits per heavy atom. The van der Waals surface area contributed by atoms with Crippen molar-refractivity contribution >= 4 is 0 Å². The van der Waals surface area contributed by atoms with E-state index in [1.165, 1.54) is 37.9 Å². The minimum absolute atomic E-state index is 0.886. The van der Waals surface area contributed by atoms with E-state index in [1.807, 2.05) is 0 Å². The molecule has 3 nitrogen and oxygen atoms in total. The number of hydrogen-bond donors (Lipinski definition) is 0. The Labute approximate surface area is 99.1 Å². The molecule has 0 aliphatic carbocycles. The third kappa shape index (κ3) is 3.89. The molecule has 2 saturated heterocycles. The molecule has 0 amide bonds. The van der Waals surface area contributed by atoms with Crippen molar-refractivity contribution in [1.82, 2.24) is 9.80 Å². The Bertz CT molecular complexity index is 196. The van der Waals surface area contributed by atoms with Crippen LogP contribution in [0.5, 0.6) is 0 Å². The highest BCUT2D eigenvalue weighted by atomic mass is 16.5. The molecule has 92 valence electrons. The second-order valence-corrected chi connectivity index (χ2v) is 4.98. The third-order valence-electron chi connectivity index (χ3n) is 3.45. The second-order valence-electron chi connectivity index (χ2n) is 4.98. The van der Waals surface area contributed by atoms with Gasteiger partial charge in [-0.15, -0.1) is 0 Å². The molecule has 0 N–H and O–H groups in total. The maximum Gasteiger partial charge on any atom is 0.0594 e. The monoisotopic (exact) mass is 224 g/mol. The van der Waals surface area contributed by atoms with E-state index >= 15 is 0 Å². The van der Waals surface area contributed by atoms with Crippen molar-refractivity contribution in [3.63, 3.8) is 0 Å². The van der Waals surface area contributed by atoms with Crippen molar-refractivity contribution in [3.05, 3.63) is 12.2 Å². The number of nitrogens with zero attached hydrogens (tertiary/aromatic N) is 2. The predicted molar refractivity (Wildman–Crippen MR) is 66.7 cm³/mol. The van der Waals surface area contributed by atoms with Crippen LogP contribution >= 0.6 is 0 Å². The Morgan fingerprint density at radius 3 is 2.06 bits per heavy atom. The molecule has 2 heterocycles. The molecule has 0 radical (unpaired) electrons. The number of piperidine rings is 1. The molecule has 0 aromatic rings. The van der Waals surface area contributed by atoms with E-state index < -0.39 is 0 Å². The first-order valence-corrected chi connectivity index (χ1v) is 6.54. The van der Waals surface area contributed by atoms with Gasteiger partial charge in [-0.3, -0.25) is 9.80 Å². The van der Waals surface area contributed by atoms with Gasteiger partial charge in [0.15, 0.2) is 0 Å². The summed E-state index contributed by atoms with van der Waals surface area (Å²) in [5, 5.41) is 0. The predicted octanol–water partition coefficient (Wildman–Crippen LogP) is 1.36. The number of morpholine rings is 1. The largest absolute Gasteiger partial charge is 0.379 e. The van der Waals surface area contributed by atoms with Crippen molar-refractivity contribution in [2.24, 2.45) is 0 Å². The van der Waals surface area contributed by atoms with Crippen LogP contribution in [0, 0.1) is 0 Å². The Morgan fingerprint density at radius 2 is 1.44 bits per heavy atom. The van der Waals surface area contributed by atoms with Gasteiger partial charge in [0.2, 0.25) is 0 Å². The second kappa shape index (κ2) is 6.38. The highest BCUT2D eigenvalue weighted by Crippen LogP contribution is 2.11. The lowest BCUT2D eigenvalue weighted by Crippen LogP contribution is -2.39. The molecule has 2 fully saturated rings. The number of likely N-dealkylation sites (tertiary alicyclic amines) is 1. The molecule has 16 heavy (non-hydrogen) atoms. The van der Waals surface area contributed by atoms with Crippen LogP contribution in [0.15, 0.2) is 12.2 Å². The summed E-state index contributed by atoms with van der Waals surface area (Å²) in [6.07, 6.45) is 4.14. The molecule has 0 aromatic carbocycles. The summed E-state index contributed by atoms with van der Waals surface area (Å²) in [5.74, 6) is 0. The summed E-state index contributed by atoms with van der Waals surface area (Å²) in [6, 6.07) is 0. The summed E-state index contributed by atoms with van der Waals surface area (Å²) in [7, 11) is 0. The van der Waals surface area contributed by atoms with Gasteiger partial charge in [0.25, 0.3) is 0 Å². The van der Waals surface area contributed by atoms with Crippen LogP contribution in [0.4, 0.5) is 0 Å². The topological polar surface area (TPSA) is 15.7 Å². The molecule has 0 atom stereocenters. The molecule has 0 aromatic heterocycles. The zero-order valence-electron chi connectivity index (χ0n) is 10.3. The number of rotatable bonds is 4. The Kier molecular flexibility index (Phi) is 4.82. The van der Waals surface area contributed by atoms with Gasteiger partial charge in [-0.2, -0.15) is 0 Å². The average molecular weight is 224 g/mol. The third-order valence-corrected chi connectivity index (χ3v) is 3.45. The highest BCUT2D eigenvalue weighted by Gasteiger charge is 2.14. The van der Waals surface area contributed by atoms with E-state index in [-0.39, 0.29) is 0 Å². The first kappa shape index (κ1) is 12.1. The molecule has 0 saturated carbocycles. The molecule has 2 aliphatic rings. The van der Waals surface area contributed by atoms with Crippen molar-refractivity contribution in [3.8, 4) is 0 Å². The van der Waals surface area contributed by atoms with E-state index in [0.717, 1.165) is 39.4 Å². The molecular formula is C13H24N2O. The normalized spacial score (nSPS) is 24.5. The Balaban J connectivity index is 1.66. The van der Waals surface area contributed by atoms with Crippen LogP contribution in [-0.2, 0) is 4.74 Å². The summed E-state index contributed by atoms with van der Waals surface area (Å²) in [4.78, 5) is 5.00. The standard InChI is InChI=1S/C13H24N2O/c1-13(11-14-5-3-2-4-6-14)12-15-7-9-16-10-8-15/h1-12H2.